The standard InChI is InChI=1S/C12H14ClN3S/c13-11-10-7-9(14)1-4-16(10)12(15-11)8-2-5-17-6-3-8/h1,4,7-8H,2-3,5-6,14H2. The number of aromatic nitrogens is 2. The molecule has 5 heteroatoms. The van der Waals surface area contributed by atoms with Crippen LogP contribution in [0.1, 0.15) is 24.6 Å². The molecular formula is C12H14ClN3S. The highest BCUT2D eigenvalue weighted by Gasteiger charge is 2.21. The zero-order valence-electron chi connectivity index (χ0n) is 9.40. The summed E-state index contributed by atoms with van der Waals surface area (Å²) in [4.78, 5) is 4.52. The van der Waals surface area contributed by atoms with E-state index in [4.69, 9.17) is 17.3 Å². The number of halogens is 1. The van der Waals surface area contributed by atoms with E-state index in [1.54, 1.807) is 0 Å². The quantitative estimate of drug-likeness (QED) is 0.863. The van der Waals surface area contributed by atoms with Gasteiger partial charge in [-0.25, -0.2) is 4.98 Å². The molecule has 0 amide bonds. The lowest BCUT2D eigenvalue weighted by atomic mass is 10.0. The molecule has 1 saturated heterocycles. The maximum absolute atomic E-state index is 6.18. The summed E-state index contributed by atoms with van der Waals surface area (Å²) < 4.78 is 2.08. The first-order valence-electron chi connectivity index (χ1n) is 5.76. The summed E-state index contributed by atoms with van der Waals surface area (Å²) in [6, 6.07) is 3.78. The summed E-state index contributed by atoms with van der Waals surface area (Å²) >= 11 is 8.19. The molecule has 17 heavy (non-hydrogen) atoms. The van der Waals surface area contributed by atoms with Gasteiger partial charge in [0.25, 0.3) is 0 Å². The van der Waals surface area contributed by atoms with Crippen LogP contribution in [-0.4, -0.2) is 20.9 Å². The highest BCUT2D eigenvalue weighted by atomic mass is 35.5. The molecule has 0 aromatic carbocycles. The van der Waals surface area contributed by atoms with E-state index in [0.717, 1.165) is 17.0 Å². The molecule has 2 aromatic rings. The second-order valence-corrected chi connectivity index (χ2v) is 5.95. The predicted molar refractivity (Wildman–Crippen MR) is 73.9 cm³/mol. The lowest BCUT2D eigenvalue weighted by Gasteiger charge is -2.20. The monoisotopic (exact) mass is 267 g/mol. The Bertz CT molecular complexity index is 546. The first-order chi connectivity index (χ1) is 8.25. The van der Waals surface area contributed by atoms with Crippen LogP contribution in [0.5, 0.6) is 0 Å². The number of rotatable bonds is 1. The fraction of sp³-hybridized carbons (Fsp3) is 0.417. The average molecular weight is 268 g/mol. The van der Waals surface area contributed by atoms with Crippen molar-refractivity contribution in [1.82, 2.24) is 9.38 Å². The molecule has 3 rings (SSSR count). The van der Waals surface area contributed by atoms with Crippen molar-refractivity contribution >= 4 is 34.6 Å². The summed E-state index contributed by atoms with van der Waals surface area (Å²) in [5.74, 6) is 4.04. The summed E-state index contributed by atoms with van der Waals surface area (Å²) in [6.45, 7) is 0. The molecule has 0 spiro atoms. The van der Waals surface area contributed by atoms with E-state index in [2.05, 4.69) is 9.38 Å². The number of fused-ring (bicyclic) bond motifs is 1. The zero-order chi connectivity index (χ0) is 11.8. The fourth-order valence-electron chi connectivity index (χ4n) is 2.33. The van der Waals surface area contributed by atoms with Gasteiger partial charge >= 0.3 is 0 Å². The van der Waals surface area contributed by atoms with Crippen molar-refractivity contribution in [2.75, 3.05) is 17.2 Å². The summed E-state index contributed by atoms with van der Waals surface area (Å²) in [6.07, 6.45) is 4.34. The number of pyridine rings is 1. The highest BCUT2D eigenvalue weighted by Crippen LogP contribution is 2.33. The molecule has 2 N–H and O–H groups in total. The van der Waals surface area contributed by atoms with Gasteiger partial charge in [0.2, 0.25) is 0 Å². The van der Waals surface area contributed by atoms with Crippen molar-refractivity contribution in [3.05, 3.63) is 29.3 Å². The first-order valence-corrected chi connectivity index (χ1v) is 7.29. The van der Waals surface area contributed by atoms with E-state index in [9.17, 15) is 0 Å². The van der Waals surface area contributed by atoms with Gasteiger partial charge in [-0.2, -0.15) is 11.8 Å². The van der Waals surface area contributed by atoms with Crippen molar-refractivity contribution in [2.24, 2.45) is 0 Å². The molecule has 0 atom stereocenters. The van der Waals surface area contributed by atoms with Gasteiger partial charge in [-0.3, -0.25) is 0 Å². The Labute approximate surface area is 109 Å². The third-order valence-electron chi connectivity index (χ3n) is 3.24. The van der Waals surface area contributed by atoms with E-state index in [1.807, 2.05) is 30.1 Å². The van der Waals surface area contributed by atoms with Crippen molar-refractivity contribution in [1.29, 1.82) is 0 Å². The molecule has 1 aliphatic rings. The van der Waals surface area contributed by atoms with Gasteiger partial charge in [0.15, 0.2) is 5.15 Å². The van der Waals surface area contributed by atoms with Crippen LogP contribution in [0.2, 0.25) is 5.15 Å². The largest absolute Gasteiger partial charge is 0.399 e. The van der Waals surface area contributed by atoms with Crippen LogP contribution in [0.4, 0.5) is 5.69 Å². The Kier molecular flexibility index (Phi) is 2.92. The smallest absolute Gasteiger partial charge is 0.155 e. The van der Waals surface area contributed by atoms with Gasteiger partial charge < -0.3 is 10.1 Å². The summed E-state index contributed by atoms with van der Waals surface area (Å²) in [7, 11) is 0. The first kappa shape index (κ1) is 11.2. The maximum atomic E-state index is 6.18. The molecule has 3 heterocycles. The maximum Gasteiger partial charge on any atom is 0.155 e. The third kappa shape index (κ3) is 2.00. The van der Waals surface area contributed by atoms with Gasteiger partial charge in [0.05, 0.1) is 5.52 Å². The Hall–Kier alpha value is -0.870. The Morgan fingerprint density at radius 2 is 2.18 bits per heavy atom. The van der Waals surface area contributed by atoms with Crippen LogP contribution in [0.25, 0.3) is 5.52 Å². The number of imidazole rings is 1. The molecule has 0 bridgehead atoms. The number of anilines is 1. The minimum absolute atomic E-state index is 0.528. The van der Waals surface area contributed by atoms with Crippen LogP contribution in [0.15, 0.2) is 18.3 Å². The number of hydrogen-bond acceptors (Lipinski definition) is 3. The van der Waals surface area contributed by atoms with Crippen LogP contribution < -0.4 is 5.73 Å². The van der Waals surface area contributed by atoms with Crippen molar-refractivity contribution in [2.45, 2.75) is 18.8 Å². The van der Waals surface area contributed by atoms with E-state index >= 15 is 0 Å². The van der Waals surface area contributed by atoms with Gasteiger partial charge in [0, 0.05) is 17.8 Å². The van der Waals surface area contributed by atoms with Crippen LogP contribution in [-0.2, 0) is 0 Å². The van der Waals surface area contributed by atoms with Crippen molar-refractivity contribution < 1.29 is 0 Å². The minimum Gasteiger partial charge on any atom is -0.399 e. The number of nitrogens with zero attached hydrogens (tertiary/aromatic N) is 2. The SMILES string of the molecule is Nc1ccn2c(C3CCSCC3)nc(Cl)c2c1. The minimum atomic E-state index is 0.528. The van der Waals surface area contributed by atoms with Gasteiger partial charge in [-0.1, -0.05) is 11.6 Å². The second kappa shape index (κ2) is 4.42. The predicted octanol–water partition coefficient (Wildman–Crippen LogP) is 3.18. The molecule has 0 unspecified atom stereocenters. The molecule has 1 fully saturated rings. The Morgan fingerprint density at radius 3 is 2.94 bits per heavy atom. The lowest BCUT2D eigenvalue weighted by molar-refractivity contribution is 0.596. The number of nitrogens with two attached hydrogens (primary N) is 1. The zero-order valence-corrected chi connectivity index (χ0v) is 11.0. The van der Waals surface area contributed by atoms with Crippen LogP contribution in [0, 0.1) is 0 Å². The lowest BCUT2D eigenvalue weighted by Crippen LogP contribution is -2.11. The molecule has 0 saturated carbocycles. The van der Waals surface area contributed by atoms with Gasteiger partial charge in [-0.15, -0.1) is 0 Å². The number of nitrogen functional groups attached to an aromatic ring is 1. The number of thioether (sulfide) groups is 1. The van der Waals surface area contributed by atoms with Crippen LogP contribution in [0.3, 0.4) is 0 Å². The van der Waals surface area contributed by atoms with E-state index < -0.39 is 0 Å². The van der Waals surface area contributed by atoms with E-state index in [0.29, 0.717) is 11.1 Å². The van der Waals surface area contributed by atoms with Crippen molar-refractivity contribution in [3.8, 4) is 0 Å². The molecule has 1 aliphatic heterocycles. The van der Waals surface area contributed by atoms with Gasteiger partial charge in [-0.05, 0) is 36.5 Å². The normalized spacial score (nSPS) is 17.7. The molecule has 3 nitrogen and oxygen atoms in total. The average Bonchev–Trinajstić information content (AvgIpc) is 2.68. The van der Waals surface area contributed by atoms with E-state index in [1.165, 1.54) is 24.3 Å². The second-order valence-electron chi connectivity index (χ2n) is 4.36. The molecule has 90 valence electrons. The Morgan fingerprint density at radius 1 is 1.41 bits per heavy atom. The van der Waals surface area contributed by atoms with Gasteiger partial charge in [0.1, 0.15) is 5.82 Å². The molecule has 0 radical (unpaired) electrons. The van der Waals surface area contributed by atoms with Crippen LogP contribution >= 0.6 is 23.4 Å². The highest BCUT2D eigenvalue weighted by molar-refractivity contribution is 7.99. The third-order valence-corrected chi connectivity index (χ3v) is 4.56. The fourth-order valence-corrected chi connectivity index (χ4v) is 3.67. The Balaban J connectivity index is 2.10. The van der Waals surface area contributed by atoms with Crippen molar-refractivity contribution in [3.63, 3.8) is 0 Å². The topological polar surface area (TPSA) is 43.3 Å². The molecule has 0 aliphatic carbocycles. The molecule has 2 aromatic heterocycles. The molecular weight excluding hydrogens is 254 g/mol. The number of hydrogen-bond donors (Lipinski definition) is 1. The summed E-state index contributed by atoms with van der Waals surface area (Å²) in [5, 5.41) is 0.561. The summed E-state index contributed by atoms with van der Waals surface area (Å²) in [5.41, 5.74) is 7.42. The van der Waals surface area contributed by atoms with E-state index in [-0.39, 0.29) is 0 Å².